The Bertz CT molecular complexity index is 752. The number of fused-ring (bicyclic) bond motifs is 3. The first-order valence-electron chi connectivity index (χ1n) is 8.04. The lowest BCUT2D eigenvalue weighted by Gasteiger charge is -2.40. The second-order valence-corrected chi connectivity index (χ2v) is 6.48. The monoisotopic (exact) mass is 287 g/mol. The second-order valence-electron chi connectivity index (χ2n) is 6.48. The average Bonchev–Trinajstić information content (AvgIpc) is 2.56. The zero-order chi connectivity index (χ0) is 15.1. The van der Waals surface area contributed by atoms with Crippen LogP contribution in [0.25, 0.3) is 5.57 Å². The van der Waals surface area contributed by atoms with E-state index in [-0.39, 0.29) is 0 Å². The number of aryl methyl sites for hydroxylation is 1. The highest BCUT2D eigenvalue weighted by Crippen LogP contribution is 2.40. The van der Waals surface area contributed by atoms with Gasteiger partial charge in [0.1, 0.15) is 0 Å². The van der Waals surface area contributed by atoms with E-state index in [1.54, 1.807) is 0 Å². The lowest BCUT2D eigenvalue weighted by atomic mass is 9.84. The third-order valence-corrected chi connectivity index (χ3v) is 4.86. The fourth-order valence-electron chi connectivity index (χ4n) is 3.62. The van der Waals surface area contributed by atoms with Crippen molar-refractivity contribution in [3.05, 3.63) is 89.1 Å². The van der Waals surface area contributed by atoms with Gasteiger partial charge < -0.3 is 4.90 Å². The summed E-state index contributed by atoms with van der Waals surface area (Å²) in [5.74, 6) is 0.589. The van der Waals surface area contributed by atoms with Crippen LogP contribution in [-0.4, -0.2) is 11.4 Å². The summed E-state index contributed by atoms with van der Waals surface area (Å²) in [6, 6.07) is 18.1. The summed E-state index contributed by atoms with van der Waals surface area (Å²) in [4.78, 5) is 2.46. The van der Waals surface area contributed by atoms with E-state index < -0.39 is 0 Å². The Labute approximate surface area is 132 Å². The highest BCUT2D eigenvalue weighted by molar-refractivity contribution is 5.76. The van der Waals surface area contributed by atoms with Crippen molar-refractivity contribution in [3.63, 3.8) is 0 Å². The number of rotatable bonds is 1. The molecule has 0 spiro atoms. The number of hydrogen-bond donors (Lipinski definition) is 0. The van der Waals surface area contributed by atoms with E-state index in [1.165, 1.54) is 27.8 Å². The molecule has 0 aliphatic carbocycles. The van der Waals surface area contributed by atoms with E-state index in [4.69, 9.17) is 0 Å². The molecule has 110 valence electrons. The quantitative estimate of drug-likeness (QED) is 0.708. The normalized spacial score (nSPS) is 22.8. The fraction of sp³-hybridized carbons (Fsp3) is 0.238. The Hall–Kier alpha value is -2.28. The number of nitrogens with zero attached hydrogens (tertiary/aromatic N) is 1. The van der Waals surface area contributed by atoms with Crippen LogP contribution in [0.1, 0.15) is 41.1 Å². The van der Waals surface area contributed by atoms with E-state index in [0.717, 1.165) is 6.54 Å². The van der Waals surface area contributed by atoms with Gasteiger partial charge in [0.25, 0.3) is 0 Å². The topological polar surface area (TPSA) is 3.24 Å². The molecule has 2 aromatic rings. The third kappa shape index (κ3) is 2.18. The Morgan fingerprint density at radius 1 is 0.955 bits per heavy atom. The van der Waals surface area contributed by atoms with Crippen molar-refractivity contribution < 1.29 is 0 Å². The SMILES string of the molecule is Cc1ccc(C2=CC3c4ccccc4C(C)CN3C=C2)cc1. The molecule has 0 N–H and O–H groups in total. The fourth-order valence-corrected chi connectivity index (χ4v) is 3.62. The van der Waals surface area contributed by atoms with Gasteiger partial charge in [-0.25, -0.2) is 0 Å². The van der Waals surface area contributed by atoms with Crippen molar-refractivity contribution >= 4 is 5.57 Å². The van der Waals surface area contributed by atoms with Gasteiger partial charge in [-0.15, -0.1) is 0 Å². The van der Waals surface area contributed by atoms with Crippen LogP contribution < -0.4 is 0 Å². The first-order chi connectivity index (χ1) is 10.7. The number of benzene rings is 2. The molecule has 2 aromatic carbocycles. The minimum Gasteiger partial charge on any atom is -0.366 e. The van der Waals surface area contributed by atoms with Gasteiger partial charge in [0, 0.05) is 12.7 Å². The van der Waals surface area contributed by atoms with Crippen LogP contribution in [0.15, 0.2) is 66.9 Å². The van der Waals surface area contributed by atoms with Gasteiger partial charge in [-0.05, 0) is 47.3 Å². The van der Waals surface area contributed by atoms with Crippen LogP contribution >= 0.6 is 0 Å². The summed E-state index contributed by atoms with van der Waals surface area (Å²) in [6.07, 6.45) is 6.93. The predicted octanol–water partition coefficient (Wildman–Crippen LogP) is 5.07. The van der Waals surface area contributed by atoms with Crippen molar-refractivity contribution in [1.29, 1.82) is 0 Å². The van der Waals surface area contributed by atoms with Crippen LogP contribution in [0.2, 0.25) is 0 Å². The predicted molar refractivity (Wildman–Crippen MR) is 92.6 cm³/mol. The minimum absolute atomic E-state index is 0.369. The lowest BCUT2D eigenvalue weighted by Crippen LogP contribution is -2.33. The minimum atomic E-state index is 0.369. The van der Waals surface area contributed by atoms with Crippen molar-refractivity contribution in [2.24, 2.45) is 0 Å². The van der Waals surface area contributed by atoms with E-state index in [2.05, 4.69) is 85.6 Å². The molecule has 0 radical (unpaired) electrons. The lowest BCUT2D eigenvalue weighted by molar-refractivity contribution is 0.282. The van der Waals surface area contributed by atoms with E-state index >= 15 is 0 Å². The van der Waals surface area contributed by atoms with Crippen molar-refractivity contribution in [2.45, 2.75) is 25.8 Å². The summed E-state index contributed by atoms with van der Waals surface area (Å²) in [5, 5.41) is 0. The standard InChI is InChI=1S/C21H21N/c1-15-7-9-17(10-8-15)18-11-12-22-14-16(2)19-5-3-4-6-20(19)21(22)13-18/h3-13,16,21H,14H2,1-2H3. The highest BCUT2D eigenvalue weighted by atomic mass is 15.1. The van der Waals surface area contributed by atoms with E-state index in [1.807, 2.05) is 0 Å². The van der Waals surface area contributed by atoms with Gasteiger partial charge in [0.05, 0.1) is 6.04 Å². The van der Waals surface area contributed by atoms with E-state index in [0.29, 0.717) is 12.0 Å². The van der Waals surface area contributed by atoms with E-state index in [9.17, 15) is 0 Å². The molecule has 2 aliphatic heterocycles. The van der Waals surface area contributed by atoms with Crippen LogP contribution in [0.5, 0.6) is 0 Å². The molecule has 0 aromatic heterocycles. The highest BCUT2D eigenvalue weighted by Gasteiger charge is 2.29. The molecule has 2 unspecified atom stereocenters. The molecule has 2 aliphatic rings. The molecule has 22 heavy (non-hydrogen) atoms. The average molecular weight is 287 g/mol. The maximum Gasteiger partial charge on any atom is 0.0733 e. The van der Waals surface area contributed by atoms with Crippen molar-refractivity contribution in [3.8, 4) is 0 Å². The molecular weight excluding hydrogens is 266 g/mol. The third-order valence-electron chi connectivity index (χ3n) is 4.86. The molecule has 0 bridgehead atoms. The Balaban J connectivity index is 1.77. The second kappa shape index (κ2) is 5.17. The Morgan fingerprint density at radius 3 is 2.45 bits per heavy atom. The Morgan fingerprint density at radius 2 is 1.68 bits per heavy atom. The first kappa shape index (κ1) is 13.4. The summed E-state index contributed by atoms with van der Waals surface area (Å²) < 4.78 is 0. The molecule has 4 rings (SSSR count). The summed E-state index contributed by atoms with van der Waals surface area (Å²) in [7, 11) is 0. The van der Waals surface area contributed by atoms with Crippen molar-refractivity contribution in [1.82, 2.24) is 4.90 Å². The molecular formula is C21H21N. The van der Waals surface area contributed by atoms with Gasteiger partial charge in [-0.2, -0.15) is 0 Å². The van der Waals surface area contributed by atoms with Gasteiger partial charge in [-0.1, -0.05) is 61.0 Å². The summed E-state index contributed by atoms with van der Waals surface area (Å²) in [6.45, 7) is 5.55. The van der Waals surface area contributed by atoms with Gasteiger partial charge in [0.2, 0.25) is 0 Å². The van der Waals surface area contributed by atoms with Crippen LogP contribution in [-0.2, 0) is 0 Å². The number of allylic oxidation sites excluding steroid dienone is 2. The smallest absolute Gasteiger partial charge is 0.0733 e. The van der Waals surface area contributed by atoms with Crippen LogP contribution in [0.3, 0.4) is 0 Å². The molecule has 1 nitrogen and oxygen atoms in total. The maximum atomic E-state index is 2.46. The molecule has 0 amide bonds. The molecule has 2 heterocycles. The summed E-state index contributed by atoms with van der Waals surface area (Å²) >= 11 is 0. The molecule has 0 saturated carbocycles. The number of hydrogen-bond acceptors (Lipinski definition) is 1. The molecule has 0 saturated heterocycles. The van der Waals surface area contributed by atoms with Gasteiger partial charge in [0.15, 0.2) is 0 Å². The maximum absolute atomic E-state index is 2.46. The Kier molecular flexibility index (Phi) is 3.15. The first-order valence-corrected chi connectivity index (χ1v) is 8.04. The molecule has 2 atom stereocenters. The van der Waals surface area contributed by atoms with Crippen LogP contribution in [0.4, 0.5) is 0 Å². The zero-order valence-corrected chi connectivity index (χ0v) is 13.2. The molecule has 0 fully saturated rings. The zero-order valence-electron chi connectivity index (χ0n) is 13.2. The molecule has 1 heteroatoms. The van der Waals surface area contributed by atoms with Crippen molar-refractivity contribution in [2.75, 3.05) is 6.54 Å². The van der Waals surface area contributed by atoms with Crippen LogP contribution in [0, 0.1) is 6.92 Å². The van der Waals surface area contributed by atoms with Gasteiger partial charge in [-0.3, -0.25) is 0 Å². The van der Waals surface area contributed by atoms with Gasteiger partial charge >= 0.3 is 0 Å². The largest absolute Gasteiger partial charge is 0.366 e. The summed E-state index contributed by atoms with van der Waals surface area (Å²) in [5.41, 5.74) is 6.89.